The fourth-order valence-electron chi connectivity index (χ4n) is 3.22. The van der Waals surface area contributed by atoms with Gasteiger partial charge in [0.15, 0.2) is 0 Å². The van der Waals surface area contributed by atoms with Gasteiger partial charge in [-0.1, -0.05) is 18.6 Å². The fourth-order valence-corrected chi connectivity index (χ4v) is 4.22. The van der Waals surface area contributed by atoms with Crippen LogP contribution in [0.5, 0.6) is 0 Å². The molecule has 1 atom stereocenters. The monoisotopic (exact) mass is 305 g/mol. The SMILES string of the molecule is NCC1CCCCN1CC(=O)N1CCSc2ccccc21. The average Bonchev–Trinajstić information content (AvgIpc) is 2.54. The molecule has 0 saturated carbocycles. The molecule has 1 aromatic rings. The highest BCUT2D eigenvalue weighted by Gasteiger charge is 2.27. The predicted octanol–water partition coefficient (Wildman–Crippen LogP) is 1.94. The van der Waals surface area contributed by atoms with Crippen LogP contribution in [0.3, 0.4) is 0 Å². The van der Waals surface area contributed by atoms with Crippen LogP contribution < -0.4 is 10.6 Å². The second kappa shape index (κ2) is 6.81. The number of carbonyl (C=O) groups is 1. The minimum Gasteiger partial charge on any atom is -0.329 e. The molecule has 2 aliphatic rings. The molecule has 2 heterocycles. The Hall–Kier alpha value is -1.04. The summed E-state index contributed by atoms with van der Waals surface area (Å²) in [6.45, 7) is 2.96. The standard InChI is InChI=1S/C16H23N3OS/c17-11-13-5-3-4-8-18(13)12-16(20)19-9-10-21-15-7-2-1-6-14(15)19/h1-2,6-7,13H,3-5,8-12,17H2. The summed E-state index contributed by atoms with van der Waals surface area (Å²) in [4.78, 5) is 18.2. The number of fused-ring (bicyclic) bond motifs is 1. The van der Waals surface area contributed by atoms with Crippen molar-refractivity contribution in [1.29, 1.82) is 0 Å². The van der Waals surface area contributed by atoms with Crippen molar-refractivity contribution in [3.05, 3.63) is 24.3 Å². The van der Waals surface area contributed by atoms with Crippen molar-refractivity contribution in [2.75, 3.05) is 36.8 Å². The lowest BCUT2D eigenvalue weighted by Gasteiger charge is -2.37. The molecule has 5 heteroatoms. The number of thioether (sulfide) groups is 1. The van der Waals surface area contributed by atoms with E-state index in [4.69, 9.17) is 5.73 Å². The van der Waals surface area contributed by atoms with Gasteiger partial charge in [-0.05, 0) is 31.5 Å². The van der Waals surface area contributed by atoms with E-state index in [1.54, 1.807) is 0 Å². The van der Waals surface area contributed by atoms with Crippen LogP contribution in [0.1, 0.15) is 19.3 Å². The molecule has 0 spiro atoms. The molecule has 1 unspecified atom stereocenters. The summed E-state index contributed by atoms with van der Waals surface area (Å²) in [5.74, 6) is 1.19. The first-order chi connectivity index (χ1) is 10.3. The van der Waals surface area contributed by atoms with Crippen molar-refractivity contribution in [3.63, 3.8) is 0 Å². The Bertz CT molecular complexity index is 508. The number of benzene rings is 1. The number of piperidine rings is 1. The molecule has 1 saturated heterocycles. The molecule has 1 fully saturated rings. The van der Waals surface area contributed by atoms with Crippen LogP contribution in [0.2, 0.25) is 0 Å². The van der Waals surface area contributed by atoms with Crippen molar-refractivity contribution in [1.82, 2.24) is 4.90 Å². The number of para-hydroxylation sites is 1. The Morgan fingerprint density at radius 1 is 1.29 bits per heavy atom. The lowest BCUT2D eigenvalue weighted by molar-refractivity contribution is -0.120. The Morgan fingerprint density at radius 2 is 2.14 bits per heavy atom. The number of hydrogen-bond donors (Lipinski definition) is 1. The number of hydrogen-bond acceptors (Lipinski definition) is 4. The largest absolute Gasteiger partial charge is 0.329 e. The summed E-state index contributed by atoms with van der Waals surface area (Å²) in [7, 11) is 0. The van der Waals surface area contributed by atoms with E-state index in [-0.39, 0.29) is 5.91 Å². The Balaban J connectivity index is 1.71. The lowest BCUT2D eigenvalue weighted by Crippen LogP contribution is -2.50. The molecular formula is C16H23N3OS. The first-order valence-corrected chi connectivity index (χ1v) is 8.74. The molecule has 1 aromatic carbocycles. The topological polar surface area (TPSA) is 49.6 Å². The zero-order chi connectivity index (χ0) is 14.7. The highest BCUT2D eigenvalue weighted by molar-refractivity contribution is 7.99. The summed E-state index contributed by atoms with van der Waals surface area (Å²) in [5, 5.41) is 0. The van der Waals surface area contributed by atoms with Gasteiger partial charge in [-0.3, -0.25) is 9.69 Å². The van der Waals surface area contributed by atoms with E-state index in [1.165, 1.54) is 17.7 Å². The third kappa shape index (κ3) is 3.25. The lowest BCUT2D eigenvalue weighted by atomic mass is 10.0. The van der Waals surface area contributed by atoms with Crippen LogP contribution in [0.4, 0.5) is 5.69 Å². The number of rotatable bonds is 3. The maximum Gasteiger partial charge on any atom is 0.241 e. The highest BCUT2D eigenvalue weighted by Crippen LogP contribution is 2.34. The van der Waals surface area contributed by atoms with Gasteiger partial charge in [0.25, 0.3) is 0 Å². The number of nitrogens with two attached hydrogens (primary N) is 1. The minimum absolute atomic E-state index is 0.211. The predicted molar refractivity (Wildman–Crippen MR) is 87.8 cm³/mol. The van der Waals surface area contributed by atoms with Crippen molar-refractivity contribution < 1.29 is 4.79 Å². The molecule has 3 rings (SSSR count). The Morgan fingerprint density at radius 3 is 3.00 bits per heavy atom. The highest BCUT2D eigenvalue weighted by atomic mass is 32.2. The number of anilines is 1. The number of amides is 1. The van der Waals surface area contributed by atoms with Gasteiger partial charge in [-0.25, -0.2) is 0 Å². The molecular weight excluding hydrogens is 282 g/mol. The zero-order valence-electron chi connectivity index (χ0n) is 12.3. The maximum atomic E-state index is 12.7. The van der Waals surface area contributed by atoms with Crippen LogP contribution in [0.15, 0.2) is 29.2 Å². The van der Waals surface area contributed by atoms with E-state index in [2.05, 4.69) is 17.0 Å². The molecule has 114 valence electrons. The molecule has 0 bridgehead atoms. The molecule has 21 heavy (non-hydrogen) atoms. The van der Waals surface area contributed by atoms with E-state index in [0.29, 0.717) is 19.1 Å². The van der Waals surface area contributed by atoms with Crippen LogP contribution in [-0.4, -0.2) is 48.8 Å². The van der Waals surface area contributed by atoms with Crippen LogP contribution >= 0.6 is 11.8 Å². The van der Waals surface area contributed by atoms with E-state index in [0.717, 1.165) is 31.0 Å². The van der Waals surface area contributed by atoms with E-state index < -0.39 is 0 Å². The van der Waals surface area contributed by atoms with Gasteiger partial charge in [-0.2, -0.15) is 0 Å². The summed E-state index contributed by atoms with van der Waals surface area (Å²) >= 11 is 1.83. The third-order valence-electron chi connectivity index (χ3n) is 4.39. The maximum absolute atomic E-state index is 12.7. The number of likely N-dealkylation sites (tertiary alicyclic amines) is 1. The summed E-state index contributed by atoms with van der Waals surface area (Å²) < 4.78 is 0. The minimum atomic E-state index is 0.211. The van der Waals surface area contributed by atoms with Crippen molar-refractivity contribution in [2.24, 2.45) is 5.73 Å². The van der Waals surface area contributed by atoms with Crippen LogP contribution in [0, 0.1) is 0 Å². The quantitative estimate of drug-likeness (QED) is 0.927. The van der Waals surface area contributed by atoms with Crippen LogP contribution in [0.25, 0.3) is 0 Å². The molecule has 2 aliphatic heterocycles. The first-order valence-electron chi connectivity index (χ1n) is 7.76. The Kier molecular flexibility index (Phi) is 4.83. The smallest absolute Gasteiger partial charge is 0.241 e. The van der Waals surface area contributed by atoms with Crippen molar-refractivity contribution >= 4 is 23.4 Å². The van der Waals surface area contributed by atoms with Gasteiger partial charge >= 0.3 is 0 Å². The van der Waals surface area contributed by atoms with Gasteiger partial charge in [0.05, 0.1) is 12.2 Å². The molecule has 4 nitrogen and oxygen atoms in total. The zero-order valence-corrected chi connectivity index (χ0v) is 13.1. The Labute approximate surface area is 130 Å². The van der Waals surface area contributed by atoms with Gasteiger partial charge in [0.2, 0.25) is 5.91 Å². The van der Waals surface area contributed by atoms with Gasteiger partial charge in [0, 0.05) is 29.8 Å². The van der Waals surface area contributed by atoms with E-state index in [9.17, 15) is 4.79 Å². The van der Waals surface area contributed by atoms with Gasteiger partial charge in [-0.15, -0.1) is 11.8 Å². The van der Waals surface area contributed by atoms with Crippen molar-refractivity contribution in [2.45, 2.75) is 30.2 Å². The molecule has 0 aliphatic carbocycles. The molecule has 0 aromatic heterocycles. The van der Waals surface area contributed by atoms with Crippen molar-refractivity contribution in [3.8, 4) is 0 Å². The second-order valence-electron chi connectivity index (χ2n) is 5.72. The van der Waals surface area contributed by atoms with E-state index >= 15 is 0 Å². The third-order valence-corrected chi connectivity index (χ3v) is 5.43. The average molecular weight is 305 g/mol. The normalized spacial score (nSPS) is 22.9. The van der Waals surface area contributed by atoms with Gasteiger partial charge in [0.1, 0.15) is 0 Å². The number of carbonyl (C=O) groups excluding carboxylic acids is 1. The number of nitrogens with zero attached hydrogens (tertiary/aromatic N) is 2. The first kappa shape index (κ1) is 14.9. The molecule has 2 N–H and O–H groups in total. The molecule has 0 radical (unpaired) electrons. The summed E-state index contributed by atoms with van der Waals surface area (Å²) in [6, 6.07) is 8.57. The van der Waals surface area contributed by atoms with E-state index in [1.807, 2.05) is 28.8 Å². The molecule has 1 amide bonds. The summed E-state index contributed by atoms with van der Waals surface area (Å²) in [5.41, 5.74) is 6.92. The van der Waals surface area contributed by atoms with Gasteiger partial charge < -0.3 is 10.6 Å². The summed E-state index contributed by atoms with van der Waals surface area (Å²) in [6.07, 6.45) is 3.53. The fraction of sp³-hybridized carbons (Fsp3) is 0.562. The second-order valence-corrected chi connectivity index (χ2v) is 6.85. The van der Waals surface area contributed by atoms with Crippen LogP contribution in [-0.2, 0) is 4.79 Å².